The molecule has 3 aromatic rings. The van der Waals surface area contributed by atoms with Crippen molar-refractivity contribution < 1.29 is 0 Å². The van der Waals surface area contributed by atoms with E-state index in [-0.39, 0.29) is 5.56 Å². The lowest BCUT2D eigenvalue weighted by Crippen LogP contribution is -2.24. The van der Waals surface area contributed by atoms with Crippen molar-refractivity contribution in [3.05, 3.63) is 76.8 Å². The number of nitrogens with one attached hydrogen (secondary N) is 1. The van der Waals surface area contributed by atoms with Crippen LogP contribution in [0.2, 0.25) is 0 Å². The van der Waals surface area contributed by atoms with Gasteiger partial charge in [0.1, 0.15) is 0 Å². The first-order chi connectivity index (χ1) is 12.3. The highest BCUT2D eigenvalue weighted by Gasteiger charge is 2.02. The zero-order valence-corrected chi connectivity index (χ0v) is 14.5. The van der Waals surface area contributed by atoms with E-state index in [4.69, 9.17) is 0 Å². The van der Waals surface area contributed by atoms with Gasteiger partial charge in [0.05, 0.1) is 17.2 Å². The number of unbranched alkanes of at least 4 members (excludes halogenated alkanes) is 1. The third kappa shape index (κ3) is 5.00. The molecule has 0 unspecified atom stereocenters. The van der Waals surface area contributed by atoms with Crippen LogP contribution in [0.15, 0.2) is 65.7 Å². The van der Waals surface area contributed by atoms with Crippen molar-refractivity contribution in [3.8, 4) is 0 Å². The van der Waals surface area contributed by atoms with E-state index in [0.717, 1.165) is 31.4 Å². The number of nitrogens with zero attached hydrogens (tertiary/aromatic N) is 2. The smallest absolute Gasteiger partial charge is 0.261 e. The summed E-state index contributed by atoms with van der Waals surface area (Å²) in [6.45, 7) is 2.65. The van der Waals surface area contributed by atoms with Gasteiger partial charge in [0, 0.05) is 6.54 Å². The van der Waals surface area contributed by atoms with Crippen LogP contribution in [0.25, 0.3) is 10.9 Å². The number of hydrogen-bond donors (Lipinski definition) is 1. The standard InChI is InChI=1S/C21H25N3O/c25-21-19-12-4-5-13-20(19)23-17-24(21)16-8-15-22-14-7-6-11-18-9-2-1-3-10-18/h1-5,9-10,12-13,17,22H,6-8,11,14-16H2. The average molecular weight is 335 g/mol. The Bertz CT molecular complexity index is 842. The van der Waals surface area contributed by atoms with Crippen molar-refractivity contribution in [2.24, 2.45) is 0 Å². The first kappa shape index (κ1) is 17.4. The third-order valence-corrected chi connectivity index (χ3v) is 4.40. The number of aryl methyl sites for hydroxylation is 2. The molecule has 130 valence electrons. The predicted octanol–water partition coefficient (Wildman–Crippen LogP) is 3.40. The van der Waals surface area contributed by atoms with E-state index in [0.29, 0.717) is 11.9 Å². The van der Waals surface area contributed by atoms with Crippen molar-refractivity contribution in [3.63, 3.8) is 0 Å². The Kier molecular flexibility index (Phi) is 6.35. The normalized spacial score (nSPS) is 11.0. The van der Waals surface area contributed by atoms with E-state index in [1.165, 1.54) is 18.4 Å². The van der Waals surface area contributed by atoms with Crippen LogP contribution in [0.3, 0.4) is 0 Å². The molecule has 4 heteroatoms. The minimum absolute atomic E-state index is 0.0495. The molecule has 0 aliphatic rings. The van der Waals surface area contributed by atoms with Crippen LogP contribution in [0.4, 0.5) is 0 Å². The summed E-state index contributed by atoms with van der Waals surface area (Å²) in [5.41, 5.74) is 2.22. The molecule has 0 amide bonds. The van der Waals surface area contributed by atoms with E-state index in [9.17, 15) is 4.79 Å². The van der Waals surface area contributed by atoms with Crippen LogP contribution in [-0.4, -0.2) is 22.6 Å². The molecule has 1 heterocycles. The van der Waals surface area contributed by atoms with Gasteiger partial charge in [0.2, 0.25) is 0 Å². The minimum atomic E-state index is 0.0495. The van der Waals surface area contributed by atoms with Crippen LogP contribution in [0.5, 0.6) is 0 Å². The van der Waals surface area contributed by atoms with Crippen LogP contribution in [0.1, 0.15) is 24.8 Å². The van der Waals surface area contributed by atoms with Gasteiger partial charge in [-0.25, -0.2) is 4.98 Å². The topological polar surface area (TPSA) is 46.9 Å². The van der Waals surface area contributed by atoms with E-state index in [1.54, 1.807) is 10.9 Å². The van der Waals surface area contributed by atoms with Crippen molar-refractivity contribution in [1.82, 2.24) is 14.9 Å². The molecule has 0 aliphatic carbocycles. The third-order valence-electron chi connectivity index (χ3n) is 4.40. The van der Waals surface area contributed by atoms with Crippen LogP contribution in [-0.2, 0) is 13.0 Å². The molecular weight excluding hydrogens is 310 g/mol. The fourth-order valence-electron chi connectivity index (χ4n) is 2.99. The second-order valence-corrected chi connectivity index (χ2v) is 6.31. The van der Waals surface area contributed by atoms with Gasteiger partial charge in [-0.15, -0.1) is 0 Å². The second-order valence-electron chi connectivity index (χ2n) is 6.31. The van der Waals surface area contributed by atoms with Gasteiger partial charge in [-0.3, -0.25) is 9.36 Å². The van der Waals surface area contributed by atoms with E-state index in [2.05, 4.69) is 40.6 Å². The largest absolute Gasteiger partial charge is 0.317 e. The lowest BCUT2D eigenvalue weighted by molar-refractivity contribution is 0.553. The highest BCUT2D eigenvalue weighted by Crippen LogP contribution is 2.05. The molecule has 3 rings (SSSR count). The minimum Gasteiger partial charge on any atom is -0.317 e. The van der Waals surface area contributed by atoms with Crippen molar-refractivity contribution in [2.75, 3.05) is 13.1 Å². The summed E-state index contributed by atoms with van der Waals surface area (Å²) in [7, 11) is 0. The Hall–Kier alpha value is -2.46. The molecule has 1 N–H and O–H groups in total. The summed E-state index contributed by atoms with van der Waals surface area (Å²) in [4.78, 5) is 16.7. The average Bonchev–Trinajstić information content (AvgIpc) is 2.66. The van der Waals surface area contributed by atoms with Crippen LogP contribution in [0, 0.1) is 0 Å². The summed E-state index contributed by atoms with van der Waals surface area (Å²) in [6.07, 6.45) is 6.10. The monoisotopic (exact) mass is 335 g/mol. The zero-order chi connectivity index (χ0) is 17.3. The summed E-state index contributed by atoms with van der Waals surface area (Å²) in [5.74, 6) is 0. The molecule has 25 heavy (non-hydrogen) atoms. The van der Waals surface area contributed by atoms with E-state index in [1.807, 2.05) is 24.3 Å². The number of aromatic nitrogens is 2. The Morgan fingerprint density at radius 2 is 1.64 bits per heavy atom. The molecule has 2 aromatic carbocycles. The summed E-state index contributed by atoms with van der Waals surface area (Å²) in [5, 5.41) is 4.16. The second kappa shape index (κ2) is 9.14. The molecule has 0 aliphatic heterocycles. The Morgan fingerprint density at radius 1 is 0.880 bits per heavy atom. The molecule has 0 spiro atoms. The first-order valence-electron chi connectivity index (χ1n) is 9.03. The Balaban J connectivity index is 1.34. The molecule has 4 nitrogen and oxygen atoms in total. The molecule has 0 saturated carbocycles. The lowest BCUT2D eigenvalue weighted by atomic mass is 10.1. The van der Waals surface area contributed by atoms with Gasteiger partial charge in [-0.1, -0.05) is 42.5 Å². The summed E-state index contributed by atoms with van der Waals surface area (Å²) < 4.78 is 1.71. The maximum absolute atomic E-state index is 12.4. The fraction of sp³-hybridized carbons (Fsp3) is 0.333. The number of fused-ring (bicyclic) bond motifs is 1. The number of para-hydroxylation sites is 1. The van der Waals surface area contributed by atoms with E-state index >= 15 is 0 Å². The lowest BCUT2D eigenvalue weighted by Gasteiger charge is -2.08. The number of hydrogen-bond acceptors (Lipinski definition) is 3. The van der Waals surface area contributed by atoms with Crippen molar-refractivity contribution in [1.29, 1.82) is 0 Å². The SMILES string of the molecule is O=c1c2ccccc2ncn1CCCNCCCCc1ccccc1. The zero-order valence-electron chi connectivity index (χ0n) is 14.5. The molecule has 1 aromatic heterocycles. The molecule has 0 radical (unpaired) electrons. The molecule has 0 fully saturated rings. The highest BCUT2D eigenvalue weighted by atomic mass is 16.1. The molecular formula is C21H25N3O. The van der Waals surface area contributed by atoms with Gasteiger partial charge in [0.25, 0.3) is 5.56 Å². The summed E-state index contributed by atoms with van der Waals surface area (Å²) in [6, 6.07) is 18.1. The van der Waals surface area contributed by atoms with Gasteiger partial charge < -0.3 is 5.32 Å². The van der Waals surface area contributed by atoms with Crippen LogP contribution >= 0.6 is 0 Å². The quantitative estimate of drug-likeness (QED) is 0.610. The van der Waals surface area contributed by atoms with Crippen LogP contribution < -0.4 is 10.9 Å². The fourth-order valence-corrected chi connectivity index (χ4v) is 2.99. The maximum atomic E-state index is 12.4. The molecule has 0 atom stereocenters. The maximum Gasteiger partial charge on any atom is 0.261 e. The number of rotatable bonds is 9. The van der Waals surface area contributed by atoms with Gasteiger partial charge in [-0.2, -0.15) is 0 Å². The first-order valence-corrected chi connectivity index (χ1v) is 9.03. The van der Waals surface area contributed by atoms with Gasteiger partial charge in [0.15, 0.2) is 0 Å². The Labute approximate surface area is 148 Å². The molecule has 0 saturated heterocycles. The highest BCUT2D eigenvalue weighted by molar-refractivity contribution is 5.76. The number of benzene rings is 2. The van der Waals surface area contributed by atoms with Gasteiger partial charge >= 0.3 is 0 Å². The Morgan fingerprint density at radius 3 is 2.52 bits per heavy atom. The van der Waals surface area contributed by atoms with Crippen molar-refractivity contribution in [2.45, 2.75) is 32.2 Å². The summed E-state index contributed by atoms with van der Waals surface area (Å²) >= 11 is 0. The van der Waals surface area contributed by atoms with Crippen molar-refractivity contribution >= 4 is 10.9 Å². The molecule has 0 bridgehead atoms. The van der Waals surface area contributed by atoms with Gasteiger partial charge in [-0.05, 0) is 56.5 Å². The predicted molar refractivity (Wildman–Crippen MR) is 103 cm³/mol. The van der Waals surface area contributed by atoms with E-state index < -0.39 is 0 Å².